The van der Waals surface area contributed by atoms with Crippen molar-refractivity contribution >= 4 is 33.2 Å². The van der Waals surface area contributed by atoms with Gasteiger partial charge in [-0.3, -0.25) is 9.69 Å². The number of amides is 1. The SMILES string of the molecule is O=C1c2ccccc2S(=O)(=O)N1CCCCCCN1CCN(c2cccc(Cl)c2)CC1. The van der Waals surface area contributed by atoms with Crippen LogP contribution in [0, 0.1) is 0 Å². The number of hydrogen-bond acceptors (Lipinski definition) is 5. The Morgan fingerprint density at radius 2 is 1.55 bits per heavy atom. The molecule has 0 spiro atoms. The molecular formula is C23H28ClN3O3S. The first-order chi connectivity index (χ1) is 15.0. The fourth-order valence-electron chi connectivity index (χ4n) is 4.30. The maximum absolute atomic E-state index is 12.6. The minimum absolute atomic E-state index is 0.136. The number of fused-ring (bicyclic) bond motifs is 1. The zero-order valence-corrected chi connectivity index (χ0v) is 19.1. The fourth-order valence-corrected chi connectivity index (χ4v) is 6.09. The van der Waals surface area contributed by atoms with Crippen LogP contribution in [0.25, 0.3) is 0 Å². The molecule has 0 unspecified atom stereocenters. The van der Waals surface area contributed by atoms with Crippen molar-refractivity contribution in [2.24, 2.45) is 0 Å². The third-order valence-corrected chi connectivity index (χ3v) is 8.12. The lowest BCUT2D eigenvalue weighted by atomic mass is 10.1. The van der Waals surface area contributed by atoms with E-state index >= 15 is 0 Å². The van der Waals surface area contributed by atoms with E-state index in [2.05, 4.69) is 15.9 Å². The zero-order valence-electron chi connectivity index (χ0n) is 17.5. The van der Waals surface area contributed by atoms with E-state index in [9.17, 15) is 13.2 Å². The zero-order chi connectivity index (χ0) is 21.8. The minimum Gasteiger partial charge on any atom is -0.369 e. The molecule has 1 amide bonds. The van der Waals surface area contributed by atoms with Crippen molar-refractivity contribution in [3.05, 3.63) is 59.1 Å². The number of unbranched alkanes of at least 4 members (excludes halogenated alkanes) is 3. The molecular weight excluding hydrogens is 434 g/mol. The predicted octanol–water partition coefficient (Wildman–Crippen LogP) is 3.87. The summed E-state index contributed by atoms with van der Waals surface area (Å²) < 4.78 is 26.1. The second-order valence-corrected chi connectivity index (χ2v) is 10.4. The van der Waals surface area contributed by atoms with Crippen molar-refractivity contribution in [1.29, 1.82) is 0 Å². The standard InChI is InChI=1S/C23H28ClN3O3S/c24-19-8-7-9-20(18-19)26-16-14-25(15-17-26)12-5-1-2-6-13-27-23(28)21-10-3-4-11-22(21)31(27,29)30/h3-4,7-11,18H,1-2,5-6,12-17H2. The molecule has 166 valence electrons. The van der Waals surface area contributed by atoms with Crippen molar-refractivity contribution in [3.8, 4) is 0 Å². The van der Waals surface area contributed by atoms with Gasteiger partial charge in [0.15, 0.2) is 0 Å². The summed E-state index contributed by atoms with van der Waals surface area (Å²) in [6, 6.07) is 14.5. The van der Waals surface area contributed by atoms with Crippen LogP contribution >= 0.6 is 11.6 Å². The number of halogens is 1. The normalized spacial score (nSPS) is 18.4. The number of anilines is 1. The van der Waals surface area contributed by atoms with Crippen molar-refractivity contribution < 1.29 is 13.2 Å². The predicted molar refractivity (Wildman–Crippen MR) is 123 cm³/mol. The third-order valence-electron chi connectivity index (χ3n) is 6.04. The molecule has 31 heavy (non-hydrogen) atoms. The molecule has 0 bridgehead atoms. The summed E-state index contributed by atoms with van der Waals surface area (Å²) in [5.41, 5.74) is 1.47. The highest BCUT2D eigenvalue weighted by Gasteiger charge is 2.40. The van der Waals surface area contributed by atoms with Crippen molar-refractivity contribution in [2.75, 3.05) is 44.2 Å². The molecule has 2 aromatic rings. The third kappa shape index (κ3) is 4.89. The van der Waals surface area contributed by atoms with Crippen LogP contribution in [0.2, 0.25) is 5.02 Å². The van der Waals surface area contributed by atoms with Gasteiger partial charge in [-0.2, -0.15) is 0 Å². The van der Waals surface area contributed by atoms with Crippen LogP contribution in [-0.2, 0) is 10.0 Å². The van der Waals surface area contributed by atoms with Gasteiger partial charge in [-0.15, -0.1) is 0 Å². The van der Waals surface area contributed by atoms with Gasteiger partial charge in [0, 0.05) is 43.4 Å². The molecule has 0 radical (unpaired) electrons. The summed E-state index contributed by atoms with van der Waals surface area (Å²) in [6.07, 6.45) is 3.72. The first-order valence-electron chi connectivity index (χ1n) is 10.9. The Labute approximate surface area is 189 Å². The maximum atomic E-state index is 12.6. The van der Waals surface area contributed by atoms with Crippen molar-refractivity contribution in [2.45, 2.75) is 30.6 Å². The number of nitrogens with zero attached hydrogens (tertiary/aromatic N) is 3. The lowest BCUT2D eigenvalue weighted by Gasteiger charge is -2.36. The molecule has 2 aromatic carbocycles. The molecule has 4 rings (SSSR count). The van der Waals surface area contributed by atoms with Crippen LogP contribution in [-0.4, -0.2) is 62.8 Å². The number of carbonyl (C=O) groups excluding carboxylic acids is 1. The molecule has 0 aromatic heterocycles. The molecule has 2 heterocycles. The van der Waals surface area contributed by atoms with Crippen LogP contribution in [0.3, 0.4) is 0 Å². The maximum Gasteiger partial charge on any atom is 0.269 e. The van der Waals surface area contributed by atoms with Gasteiger partial charge < -0.3 is 4.90 Å². The molecule has 1 saturated heterocycles. The van der Waals surface area contributed by atoms with Crippen LogP contribution in [0.4, 0.5) is 5.69 Å². The van der Waals surface area contributed by atoms with Crippen molar-refractivity contribution in [3.63, 3.8) is 0 Å². The smallest absolute Gasteiger partial charge is 0.269 e. The highest BCUT2D eigenvalue weighted by molar-refractivity contribution is 7.90. The average Bonchev–Trinajstić information content (AvgIpc) is 2.97. The Morgan fingerprint density at radius 1 is 0.839 bits per heavy atom. The van der Waals surface area contributed by atoms with Gasteiger partial charge in [-0.25, -0.2) is 12.7 Å². The lowest BCUT2D eigenvalue weighted by Crippen LogP contribution is -2.46. The number of benzene rings is 2. The summed E-state index contributed by atoms with van der Waals surface area (Å²) in [7, 11) is -3.67. The summed E-state index contributed by atoms with van der Waals surface area (Å²) in [5.74, 6) is -0.395. The lowest BCUT2D eigenvalue weighted by molar-refractivity contribution is 0.0869. The van der Waals surface area contributed by atoms with E-state index in [0.717, 1.165) is 61.3 Å². The second-order valence-electron chi connectivity index (χ2n) is 8.10. The minimum atomic E-state index is -3.67. The number of piperazine rings is 1. The monoisotopic (exact) mass is 461 g/mol. The van der Waals surface area contributed by atoms with Crippen LogP contribution < -0.4 is 4.90 Å². The molecule has 2 aliphatic heterocycles. The Hall–Kier alpha value is -2.09. The number of hydrogen-bond donors (Lipinski definition) is 0. The van der Waals surface area contributed by atoms with Gasteiger partial charge >= 0.3 is 0 Å². The fraction of sp³-hybridized carbons (Fsp3) is 0.435. The summed E-state index contributed by atoms with van der Waals surface area (Å²) in [4.78, 5) is 17.4. The first kappa shape index (κ1) is 22.1. The quantitative estimate of drug-likeness (QED) is 0.558. The Bertz CT molecular complexity index is 1040. The molecule has 6 nitrogen and oxygen atoms in total. The number of carbonyl (C=O) groups is 1. The van der Waals surface area contributed by atoms with E-state index in [-0.39, 0.29) is 11.4 Å². The van der Waals surface area contributed by atoms with Gasteiger partial charge in [0.2, 0.25) is 0 Å². The molecule has 0 aliphatic carbocycles. The van der Waals surface area contributed by atoms with Gasteiger partial charge in [-0.05, 0) is 49.7 Å². The number of sulfonamides is 1. The first-order valence-corrected chi connectivity index (χ1v) is 12.7. The van der Waals surface area contributed by atoms with Crippen LogP contribution in [0.15, 0.2) is 53.4 Å². The highest BCUT2D eigenvalue weighted by atomic mass is 35.5. The van der Waals surface area contributed by atoms with E-state index in [1.165, 1.54) is 11.8 Å². The average molecular weight is 462 g/mol. The van der Waals surface area contributed by atoms with E-state index in [4.69, 9.17) is 11.6 Å². The molecule has 1 fully saturated rings. The number of rotatable bonds is 8. The van der Waals surface area contributed by atoms with E-state index in [1.807, 2.05) is 18.2 Å². The highest BCUT2D eigenvalue weighted by Crippen LogP contribution is 2.30. The van der Waals surface area contributed by atoms with Gasteiger partial charge in [0.25, 0.3) is 15.9 Å². The summed E-state index contributed by atoms with van der Waals surface area (Å²) >= 11 is 6.10. The van der Waals surface area contributed by atoms with Gasteiger partial charge in [0.1, 0.15) is 4.90 Å². The second kappa shape index (κ2) is 9.59. The summed E-state index contributed by atoms with van der Waals surface area (Å²) in [5, 5.41) is 0.771. The summed E-state index contributed by atoms with van der Waals surface area (Å²) in [6.45, 7) is 5.37. The van der Waals surface area contributed by atoms with Gasteiger partial charge in [0.05, 0.1) is 5.56 Å². The molecule has 2 aliphatic rings. The van der Waals surface area contributed by atoms with Gasteiger partial charge in [-0.1, -0.05) is 42.6 Å². The van der Waals surface area contributed by atoms with Crippen LogP contribution in [0.1, 0.15) is 36.0 Å². The Balaban J connectivity index is 1.14. The van der Waals surface area contributed by atoms with E-state index in [1.54, 1.807) is 18.2 Å². The van der Waals surface area contributed by atoms with E-state index < -0.39 is 15.9 Å². The van der Waals surface area contributed by atoms with Crippen LogP contribution in [0.5, 0.6) is 0 Å². The molecule has 8 heteroatoms. The Kier molecular flexibility index (Phi) is 6.84. The Morgan fingerprint density at radius 3 is 2.26 bits per heavy atom. The largest absolute Gasteiger partial charge is 0.369 e. The topological polar surface area (TPSA) is 60.9 Å². The molecule has 0 saturated carbocycles. The molecule has 0 N–H and O–H groups in total. The molecule has 0 atom stereocenters. The van der Waals surface area contributed by atoms with Crippen molar-refractivity contribution in [1.82, 2.24) is 9.21 Å². The van der Waals surface area contributed by atoms with E-state index in [0.29, 0.717) is 12.0 Å².